The summed E-state index contributed by atoms with van der Waals surface area (Å²) in [5, 5.41) is 0. The van der Waals surface area contributed by atoms with Gasteiger partial charge in [0.2, 0.25) is 10.0 Å². The molecule has 0 bridgehead atoms. The normalized spacial score (nSPS) is 16.5. The molecule has 1 saturated carbocycles. The standard InChI is InChI=1S/C13H20N2O2S2/c1-15(12-3-2-4-12)19(16,17)10-9-18-13-7-5-11(14)6-8-13/h5-8,12H,2-4,9-10,14H2,1H3. The van der Waals surface area contributed by atoms with E-state index in [1.807, 2.05) is 24.3 Å². The van der Waals surface area contributed by atoms with Crippen molar-refractivity contribution in [1.29, 1.82) is 0 Å². The van der Waals surface area contributed by atoms with E-state index in [4.69, 9.17) is 5.73 Å². The van der Waals surface area contributed by atoms with Gasteiger partial charge in [0.05, 0.1) is 5.75 Å². The second-order valence-corrected chi connectivity index (χ2v) is 8.15. The average Bonchev–Trinajstić information content (AvgIpc) is 2.29. The van der Waals surface area contributed by atoms with Crippen molar-refractivity contribution < 1.29 is 8.42 Å². The van der Waals surface area contributed by atoms with Crippen molar-refractivity contribution in [2.75, 3.05) is 24.3 Å². The van der Waals surface area contributed by atoms with Gasteiger partial charge in [0, 0.05) is 29.4 Å². The quantitative estimate of drug-likeness (QED) is 0.646. The highest BCUT2D eigenvalue weighted by molar-refractivity contribution is 8.00. The van der Waals surface area contributed by atoms with E-state index >= 15 is 0 Å². The minimum atomic E-state index is -3.11. The van der Waals surface area contributed by atoms with Crippen molar-refractivity contribution in [3.05, 3.63) is 24.3 Å². The van der Waals surface area contributed by atoms with Crippen LogP contribution in [0.4, 0.5) is 5.69 Å². The second-order valence-electron chi connectivity index (χ2n) is 4.83. The smallest absolute Gasteiger partial charge is 0.214 e. The lowest BCUT2D eigenvalue weighted by Gasteiger charge is -2.33. The summed E-state index contributed by atoms with van der Waals surface area (Å²) in [4.78, 5) is 1.05. The summed E-state index contributed by atoms with van der Waals surface area (Å²) in [6.07, 6.45) is 3.15. The molecule has 0 atom stereocenters. The summed E-state index contributed by atoms with van der Waals surface area (Å²) in [5.74, 6) is 0.762. The van der Waals surface area contributed by atoms with Crippen LogP contribution in [0.1, 0.15) is 19.3 Å². The Morgan fingerprint density at radius 3 is 2.47 bits per heavy atom. The van der Waals surface area contributed by atoms with E-state index in [1.165, 1.54) is 0 Å². The first-order valence-electron chi connectivity index (χ1n) is 6.43. The van der Waals surface area contributed by atoms with E-state index in [-0.39, 0.29) is 11.8 Å². The van der Waals surface area contributed by atoms with Gasteiger partial charge < -0.3 is 5.73 Å². The summed E-state index contributed by atoms with van der Waals surface area (Å²) < 4.78 is 25.8. The number of sulfonamides is 1. The molecule has 4 nitrogen and oxygen atoms in total. The van der Waals surface area contributed by atoms with Crippen molar-refractivity contribution in [2.24, 2.45) is 0 Å². The maximum Gasteiger partial charge on any atom is 0.214 e. The number of hydrogen-bond donors (Lipinski definition) is 1. The second kappa shape index (κ2) is 6.15. The molecular weight excluding hydrogens is 280 g/mol. The fraction of sp³-hybridized carbons (Fsp3) is 0.538. The summed E-state index contributed by atoms with van der Waals surface area (Å²) in [7, 11) is -1.41. The van der Waals surface area contributed by atoms with Crippen molar-refractivity contribution >= 4 is 27.5 Å². The third-order valence-electron chi connectivity index (χ3n) is 3.52. The Kier molecular flexibility index (Phi) is 4.76. The topological polar surface area (TPSA) is 63.4 Å². The fourth-order valence-electron chi connectivity index (χ4n) is 1.95. The molecule has 0 radical (unpaired) electrons. The van der Waals surface area contributed by atoms with Crippen LogP contribution < -0.4 is 5.73 Å². The Balaban J connectivity index is 1.82. The number of anilines is 1. The Bertz CT molecular complexity index is 510. The molecule has 2 rings (SSSR count). The molecule has 1 aliphatic carbocycles. The van der Waals surface area contributed by atoms with Crippen LogP contribution in [0.15, 0.2) is 29.2 Å². The minimum absolute atomic E-state index is 0.190. The van der Waals surface area contributed by atoms with Crippen molar-refractivity contribution in [1.82, 2.24) is 4.31 Å². The molecule has 1 aliphatic rings. The number of nitrogens with zero attached hydrogens (tertiary/aromatic N) is 1. The molecule has 0 saturated heterocycles. The van der Waals surface area contributed by atoms with Crippen molar-refractivity contribution in [2.45, 2.75) is 30.2 Å². The zero-order valence-electron chi connectivity index (χ0n) is 11.1. The SMILES string of the molecule is CN(C1CCC1)S(=O)(=O)CCSc1ccc(N)cc1. The highest BCUT2D eigenvalue weighted by atomic mass is 32.2. The number of thioether (sulfide) groups is 1. The van der Waals surface area contributed by atoms with Crippen LogP contribution in [0.3, 0.4) is 0 Å². The molecule has 1 aromatic rings. The molecule has 0 heterocycles. The molecule has 0 aromatic heterocycles. The predicted octanol–water partition coefficient (Wildman–Crippen LogP) is 2.18. The first-order chi connectivity index (χ1) is 8.99. The Morgan fingerprint density at radius 1 is 1.32 bits per heavy atom. The summed E-state index contributed by atoms with van der Waals surface area (Å²) in [5.41, 5.74) is 6.33. The van der Waals surface area contributed by atoms with Gasteiger partial charge in [0.15, 0.2) is 0 Å². The first kappa shape index (κ1) is 14.7. The first-order valence-corrected chi connectivity index (χ1v) is 9.02. The van der Waals surface area contributed by atoms with E-state index < -0.39 is 10.0 Å². The monoisotopic (exact) mass is 300 g/mol. The summed E-state index contributed by atoms with van der Waals surface area (Å²) in [6, 6.07) is 7.73. The molecule has 1 aromatic carbocycles. The van der Waals surface area contributed by atoms with Gasteiger partial charge in [0.1, 0.15) is 0 Å². The van der Waals surface area contributed by atoms with Crippen LogP contribution in [0.5, 0.6) is 0 Å². The van der Waals surface area contributed by atoms with Crippen LogP contribution >= 0.6 is 11.8 Å². The van der Waals surface area contributed by atoms with E-state index in [2.05, 4.69) is 0 Å². The number of nitrogens with two attached hydrogens (primary N) is 1. The molecule has 1 fully saturated rings. The van der Waals surface area contributed by atoms with Crippen molar-refractivity contribution in [3.63, 3.8) is 0 Å². The van der Waals surface area contributed by atoms with E-state index in [0.717, 1.165) is 29.8 Å². The van der Waals surface area contributed by atoms with Crippen LogP contribution in [0.25, 0.3) is 0 Å². The zero-order valence-corrected chi connectivity index (χ0v) is 12.7. The van der Waals surface area contributed by atoms with E-state index in [9.17, 15) is 8.42 Å². The number of hydrogen-bond acceptors (Lipinski definition) is 4. The van der Waals surface area contributed by atoms with Gasteiger partial charge in [-0.15, -0.1) is 11.8 Å². The number of nitrogen functional groups attached to an aromatic ring is 1. The Labute approximate surface area is 119 Å². The average molecular weight is 300 g/mol. The van der Waals surface area contributed by atoms with Gasteiger partial charge >= 0.3 is 0 Å². The van der Waals surface area contributed by atoms with Gasteiger partial charge in [-0.05, 0) is 37.1 Å². The molecule has 106 valence electrons. The third kappa shape index (κ3) is 3.87. The molecule has 2 N–H and O–H groups in total. The Hall–Kier alpha value is -0.720. The highest BCUT2D eigenvalue weighted by Gasteiger charge is 2.30. The third-order valence-corrected chi connectivity index (χ3v) is 6.69. The molecule has 6 heteroatoms. The van der Waals surface area contributed by atoms with Gasteiger partial charge in [-0.2, -0.15) is 0 Å². The summed E-state index contributed by atoms with van der Waals surface area (Å²) in [6.45, 7) is 0. The minimum Gasteiger partial charge on any atom is -0.399 e. The lowest BCUT2D eigenvalue weighted by molar-refractivity contribution is 0.250. The van der Waals surface area contributed by atoms with Gasteiger partial charge in [-0.1, -0.05) is 6.42 Å². The van der Waals surface area contributed by atoms with Crippen LogP contribution in [0.2, 0.25) is 0 Å². The lowest BCUT2D eigenvalue weighted by atomic mass is 9.94. The fourth-order valence-corrected chi connectivity index (χ4v) is 4.64. The highest BCUT2D eigenvalue weighted by Crippen LogP contribution is 2.26. The number of rotatable bonds is 6. The molecular formula is C13H20N2O2S2. The van der Waals surface area contributed by atoms with Crippen LogP contribution in [0, 0.1) is 0 Å². The zero-order chi connectivity index (χ0) is 13.9. The van der Waals surface area contributed by atoms with E-state index in [0.29, 0.717) is 5.75 Å². The predicted molar refractivity (Wildman–Crippen MR) is 80.8 cm³/mol. The van der Waals surface area contributed by atoms with E-state index in [1.54, 1.807) is 23.1 Å². The van der Waals surface area contributed by atoms with Gasteiger partial charge in [0.25, 0.3) is 0 Å². The maximum absolute atomic E-state index is 12.1. The summed E-state index contributed by atoms with van der Waals surface area (Å²) >= 11 is 1.55. The molecule has 0 unspecified atom stereocenters. The molecule has 19 heavy (non-hydrogen) atoms. The molecule has 0 spiro atoms. The number of benzene rings is 1. The van der Waals surface area contributed by atoms with Crippen LogP contribution in [-0.2, 0) is 10.0 Å². The largest absolute Gasteiger partial charge is 0.399 e. The molecule has 0 aliphatic heterocycles. The van der Waals surface area contributed by atoms with Crippen LogP contribution in [-0.4, -0.2) is 37.3 Å². The molecule has 0 amide bonds. The van der Waals surface area contributed by atoms with Gasteiger partial charge in [-0.25, -0.2) is 12.7 Å². The maximum atomic E-state index is 12.1. The lowest BCUT2D eigenvalue weighted by Crippen LogP contribution is -2.42. The van der Waals surface area contributed by atoms with Crippen molar-refractivity contribution in [3.8, 4) is 0 Å². The Morgan fingerprint density at radius 2 is 1.95 bits per heavy atom. The van der Waals surface area contributed by atoms with Gasteiger partial charge in [-0.3, -0.25) is 0 Å².